The minimum atomic E-state index is 0.846. The van der Waals surface area contributed by atoms with Crippen molar-refractivity contribution in [3.8, 4) is 0 Å². The predicted octanol–water partition coefficient (Wildman–Crippen LogP) is 3.80. The van der Waals surface area contributed by atoms with E-state index in [1.165, 1.54) is 36.8 Å². The molecule has 0 radical (unpaired) electrons. The maximum absolute atomic E-state index is 4.05. The van der Waals surface area contributed by atoms with Crippen LogP contribution in [0.5, 0.6) is 0 Å². The van der Waals surface area contributed by atoms with Crippen molar-refractivity contribution < 1.29 is 0 Å². The Morgan fingerprint density at radius 2 is 2.11 bits per heavy atom. The Labute approximate surface area is 108 Å². The normalized spacial score (nSPS) is 24.3. The van der Waals surface area contributed by atoms with Gasteiger partial charge in [-0.1, -0.05) is 19.8 Å². The zero-order valence-corrected chi connectivity index (χ0v) is 10.9. The fourth-order valence-electron chi connectivity index (χ4n) is 2.84. The molecule has 1 aromatic heterocycles. The zero-order valence-electron chi connectivity index (χ0n) is 10.9. The maximum Gasteiger partial charge on any atom is 0.0670 e. The molecule has 2 N–H and O–H groups in total. The lowest BCUT2D eigenvalue weighted by Gasteiger charge is -2.26. The van der Waals surface area contributed by atoms with Gasteiger partial charge in [0.25, 0.3) is 0 Å². The van der Waals surface area contributed by atoms with Gasteiger partial charge in [0, 0.05) is 17.6 Å². The van der Waals surface area contributed by atoms with E-state index in [2.05, 4.69) is 40.6 Å². The number of H-pyrrole nitrogens is 1. The monoisotopic (exact) mass is 243 g/mol. The fraction of sp³-hybridized carbons (Fsp3) is 0.533. The molecule has 3 nitrogen and oxygen atoms in total. The molecule has 1 aliphatic rings. The molecule has 0 aliphatic heterocycles. The molecule has 96 valence electrons. The van der Waals surface area contributed by atoms with Crippen molar-refractivity contribution in [1.29, 1.82) is 0 Å². The number of fused-ring (bicyclic) bond motifs is 1. The van der Waals surface area contributed by atoms with Crippen molar-refractivity contribution in [3.63, 3.8) is 0 Å². The van der Waals surface area contributed by atoms with Crippen LogP contribution in [0.4, 0.5) is 5.69 Å². The third-order valence-corrected chi connectivity index (χ3v) is 4.17. The van der Waals surface area contributed by atoms with E-state index in [0.717, 1.165) is 23.9 Å². The molecule has 3 heteroatoms. The van der Waals surface area contributed by atoms with Crippen LogP contribution in [0.1, 0.15) is 32.6 Å². The third-order valence-electron chi connectivity index (χ3n) is 4.17. The average Bonchev–Trinajstić information content (AvgIpc) is 2.85. The van der Waals surface area contributed by atoms with Crippen LogP contribution in [0.3, 0.4) is 0 Å². The smallest absolute Gasteiger partial charge is 0.0670 e. The average molecular weight is 243 g/mol. The summed E-state index contributed by atoms with van der Waals surface area (Å²) in [5.41, 5.74) is 2.31. The maximum atomic E-state index is 4.05. The van der Waals surface area contributed by atoms with Gasteiger partial charge in [-0.3, -0.25) is 5.10 Å². The summed E-state index contributed by atoms with van der Waals surface area (Å²) in [6, 6.07) is 6.40. The van der Waals surface area contributed by atoms with Gasteiger partial charge in [0.2, 0.25) is 0 Å². The lowest BCUT2D eigenvalue weighted by atomic mass is 9.83. The van der Waals surface area contributed by atoms with E-state index in [4.69, 9.17) is 0 Å². The molecule has 2 aromatic rings. The van der Waals surface area contributed by atoms with Crippen molar-refractivity contribution in [1.82, 2.24) is 10.2 Å². The van der Waals surface area contributed by atoms with Crippen molar-refractivity contribution in [2.75, 3.05) is 11.9 Å². The van der Waals surface area contributed by atoms with Gasteiger partial charge in [-0.05, 0) is 42.9 Å². The first-order valence-electron chi connectivity index (χ1n) is 6.98. The lowest BCUT2D eigenvalue weighted by molar-refractivity contribution is 0.300. The van der Waals surface area contributed by atoms with Crippen LogP contribution in [0.15, 0.2) is 24.4 Å². The van der Waals surface area contributed by atoms with E-state index in [1.807, 2.05) is 6.20 Å². The molecule has 1 saturated carbocycles. The van der Waals surface area contributed by atoms with Gasteiger partial charge in [-0.15, -0.1) is 0 Å². The van der Waals surface area contributed by atoms with Crippen molar-refractivity contribution >= 4 is 16.6 Å². The molecule has 0 atom stereocenters. The number of aromatic amines is 1. The zero-order chi connectivity index (χ0) is 12.4. The van der Waals surface area contributed by atoms with Crippen LogP contribution >= 0.6 is 0 Å². The number of rotatable bonds is 3. The van der Waals surface area contributed by atoms with Gasteiger partial charge in [0.1, 0.15) is 0 Å². The summed E-state index contributed by atoms with van der Waals surface area (Å²) >= 11 is 0. The van der Waals surface area contributed by atoms with Gasteiger partial charge in [-0.25, -0.2) is 0 Å². The van der Waals surface area contributed by atoms with Crippen LogP contribution in [0.25, 0.3) is 10.9 Å². The van der Waals surface area contributed by atoms with E-state index in [9.17, 15) is 0 Å². The largest absolute Gasteiger partial charge is 0.385 e. The van der Waals surface area contributed by atoms with E-state index >= 15 is 0 Å². The van der Waals surface area contributed by atoms with E-state index in [1.54, 1.807) is 0 Å². The Bertz CT molecular complexity index is 509. The summed E-state index contributed by atoms with van der Waals surface area (Å²) in [5.74, 6) is 1.78. The first-order valence-corrected chi connectivity index (χ1v) is 6.98. The standard InChI is InChI=1S/C15H21N3/c1-11-2-4-12(5-3-11)9-16-14-7-6-13-10-17-18-15(13)8-14/h6-8,10-12,16H,2-5,9H2,1H3,(H,17,18). The number of hydrogen-bond acceptors (Lipinski definition) is 2. The minimum absolute atomic E-state index is 0.846. The Balaban J connectivity index is 1.59. The van der Waals surface area contributed by atoms with Crippen molar-refractivity contribution in [2.24, 2.45) is 11.8 Å². The molecular weight excluding hydrogens is 222 g/mol. The number of nitrogens with zero attached hydrogens (tertiary/aromatic N) is 1. The van der Waals surface area contributed by atoms with Gasteiger partial charge in [0.15, 0.2) is 0 Å². The van der Waals surface area contributed by atoms with Crippen LogP contribution in [-0.4, -0.2) is 16.7 Å². The molecule has 1 aromatic carbocycles. The van der Waals surface area contributed by atoms with Crippen LogP contribution in [0.2, 0.25) is 0 Å². The molecular formula is C15H21N3. The summed E-state index contributed by atoms with van der Waals surface area (Å²) < 4.78 is 0. The second-order valence-electron chi connectivity index (χ2n) is 5.68. The molecule has 0 bridgehead atoms. The third kappa shape index (κ3) is 2.50. The number of aromatic nitrogens is 2. The highest BCUT2D eigenvalue weighted by molar-refractivity contribution is 5.81. The van der Waals surface area contributed by atoms with E-state index in [-0.39, 0.29) is 0 Å². The topological polar surface area (TPSA) is 40.7 Å². The lowest BCUT2D eigenvalue weighted by Crippen LogP contribution is -2.20. The van der Waals surface area contributed by atoms with Crippen molar-refractivity contribution in [3.05, 3.63) is 24.4 Å². The van der Waals surface area contributed by atoms with Gasteiger partial charge in [-0.2, -0.15) is 5.10 Å². The first kappa shape index (κ1) is 11.6. The molecule has 0 amide bonds. The predicted molar refractivity (Wildman–Crippen MR) is 75.7 cm³/mol. The molecule has 18 heavy (non-hydrogen) atoms. The molecule has 0 unspecified atom stereocenters. The Kier molecular flexibility index (Phi) is 3.22. The summed E-state index contributed by atoms with van der Waals surface area (Å²) in [6.45, 7) is 3.47. The van der Waals surface area contributed by atoms with Crippen LogP contribution in [-0.2, 0) is 0 Å². The Morgan fingerprint density at radius 3 is 2.94 bits per heavy atom. The number of hydrogen-bond donors (Lipinski definition) is 2. The highest BCUT2D eigenvalue weighted by atomic mass is 15.1. The number of nitrogens with one attached hydrogen (secondary N) is 2. The highest BCUT2D eigenvalue weighted by Gasteiger charge is 2.17. The SMILES string of the molecule is CC1CCC(CNc2ccc3cn[nH]c3c2)CC1. The summed E-state index contributed by atoms with van der Waals surface area (Å²) in [5, 5.41) is 11.8. The molecule has 3 rings (SSSR count). The Hall–Kier alpha value is -1.51. The highest BCUT2D eigenvalue weighted by Crippen LogP contribution is 2.28. The molecule has 1 heterocycles. The summed E-state index contributed by atoms with van der Waals surface area (Å²) in [4.78, 5) is 0. The fourth-order valence-corrected chi connectivity index (χ4v) is 2.84. The quantitative estimate of drug-likeness (QED) is 0.860. The second kappa shape index (κ2) is 5.01. The van der Waals surface area contributed by atoms with Gasteiger partial charge >= 0.3 is 0 Å². The van der Waals surface area contributed by atoms with Crippen LogP contribution < -0.4 is 5.32 Å². The minimum Gasteiger partial charge on any atom is -0.385 e. The van der Waals surface area contributed by atoms with E-state index in [0.29, 0.717) is 0 Å². The number of anilines is 1. The first-order chi connectivity index (χ1) is 8.81. The van der Waals surface area contributed by atoms with Gasteiger partial charge in [0.05, 0.1) is 11.7 Å². The van der Waals surface area contributed by atoms with Crippen LogP contribution in [0, 0.1) is 11.8 Å². The molecule has 1 fully saturated rings. The van der Waals surface area contributed by atoms with Crippen molar-refractivity contribution in [2.45, 2.75) is 32.6 Å². The molecule has 0 spiro atoms. The van der Waals surface area contributed by atoms with Gasteiger partial charge < -0.3 is 5.32 Å². The summed E-state index contributed by atoms with van der Waals surface area (Å²) in [6.07, 6.45) is 7.40. The molecule has 0 saturated heterocycles. The molecule has 1 aliphatic carbocycles. The number of benzene rings is 1. The Morgan fingerprint density at radius 1 is 1.28 bits per heavy atom. The van der Waals surface area contributed by atoms with E-state index < -0.39 is 0 Å². The summed E-state index contributed by atoms with van der Waals surface area (Å²) in [7, 11) is 0. The second-order valence-corrected chi connectivity index (χ2v) is 5.68.